The number of hydrogen-bond acceptors (Lipinski definition) is 6. The van der Waals surface area contributed by atoms with Crippen molar-refractivity contribution in [2.24, 2.45) is 5.92 Å². The van der Waals surface area contributed by atoms with Crippen LogP contribution < -0.4 is 5.32 Å². The highest BCUT2D eigenvalue weighted by molar-refractivity contribution is 5.92. The first-order valence-corrected chi connectivity index (χ1v) is 8.94. The van der Waals surface area contributed by atoms with Crippen molar-refractivity contribution < 1.29 is 23.6 Å². The first-order chi connectivity index (χ1) is 11.7. The molecule has 0 fully saturated rings. The van der Waals surface area contributed by atoms with Gasteiger partial charge in [0.2, 0.25) is 0 Å². The van der Waals surface area contributed by atoms with Gasteiger partial charge in [-0.3, -0.25) is 0 Å². The smallest absolute Gasteiger partial charge is 0.408 e. The highest BCUT2D eigenvalue weighted by Gasteiger charge is 2.34. The molecule has 1 amide bonds. The molecule has 0 radical (unpaired) electrons. The molecule has 7 nitrogen and oxygen atoms in total. The van der Waals surface area contributed by atoms with Crippen LogP contribution in [0.1, 0.15) is 89.7 Å². The van der Waals surface area contributed by atoms with Gasteiger partial charge in [-0.2, -0.15) is 0 Å². The van der Waals surface area contributed by atoms with Crippen molar-refractivity contribution >= 4 is 12.1 Å². The second kappa shape index (κ2) is 8.10. The van der Waals surface area contributed by atoms with Gasteiger partial charge in [-0.1, -0.05) is 25.4 Å². The van der Waals surface area contributed by atoms with E-state index in [9.17, 15) is 9.59 Å². The fourth-order valence-electron chi connectivity index (χ4n) is 2.33. The van der Waals surface area contributed by atoms with Crippen molar-refractivity contribution in [3.05, 3.63) is 17.0 Å². The lowest BCUT2D eigenvalue weighted by molar-refractivity contribution is 0.00640. The van der Waals surface area contributed by atoms with Crippen molar-refractivity contribution in [2.75, 3.05) is 0 Å². The van der Waals surface area contributed by atoms with Crippen LogP contribution in [0.4, 0.5) is 4.79 Å². The Bertz CT molecular complexity index is 637. The number of aryl methyl sites for hydroxylation is 1. The van der Waals surface area contributed by atoms with E-state index < -0.39 is 29.3 Å². The van der Waals surface area contributed by atoms with Gasteiger partial charge in [0, 0.05) is 0 Å². The number of amides is 1. The summed E-state index contributed by atoms with van der Waals surface area (Å²) in [6.45, 7) is 16.3. The van der Waals surface area contributed by atoms with Gasteiger partial charge in [0.05, 0.1) is 6.04 Å². The summed E-state index contributed by atoms with van der Waals surface area (Å²) in [5, 5.41) is 6.86. The van der Waals surface area contributed by atoms with Crippen LogP contribution in [0.15, 0.2) is 4.52 Å². The lowest BCUT2D eigenvalue weighted by Gasteiger charge is -2.26. The van der Waals surface area contributed by atoms with Crippen molar-refractivity contribution in [3.8, 4) is 0 Å². The lowest BCUT2D eigenvalue weighted by Crippen LogP contribution is -2.38. The average Bonchev–Trinajstić information content (AvgIpc) is 2.81. The Labute approximate surface area is 155 Å². The molecule has 0 aliphatic carbocycles. The molecule has 2 atom stereocenters. The van der Waals surface area contributed by atoms with Gasteiger partial charge < -0.3 is 19.3 Å². The third kappa shape index (κ3) is 6.35. The molecule has 26 heavy (non-hydrogen) atoms. The predicted octanol–water partition coefficient (Wildman–Crippen LogP) is 4.55. The van der Waals surface area contributed by atoms with Crippen molar-refractivity contribution in [1.82, 2.24) is 10.5 Å². The van der Waals surface area contributed by atoms with E-state index in [-0.39, 0.29) is 11.5 Å². The Morgan fingerprint density at radius 3 is 2.12 bits per heavy atom. The van der Waals surface area contributed by atoms with Crippen molar-refractivity contribution in [3.63, 3.8) is 0 Å². The van der Waals surface area contributed by atoms with E-state index in [1.807, 2.05) is 13.8 Å². The maximum Gasteiger partial charge on any atom is 0.408 e. The van der Waals surface area contributed by atoms with E-state index in [0.717, 1.165) is 6.42 Å². The minimum Gasteiger partial charge on any atom is -0.456 e. The Balaban J connectivity index is 3.20. The van der Waals surface area contributed by atoms with Crippen molar-refractivity contribution in [2.45, 2.75) is 86.0 Å². The molecule has 148 valence electrons. The molecule has 1 rings (SSSR count). The van der Waals surface area contributed by atoms with E-state index in [2.05, 4.69) is 10.5 Å². The first-order valence-electron chi connectivity index (χ1n) is 8.94. The molecule has 0 aliphatic rings. The molecule has 0 bridgehead atoms. The van der Waals surface area contributed by atoms with E-state index >= 15 is 0 Å². The Morgan fingerprint density at radius 2 is 1.65 bits per heavy atom. The molecule has 0 spiro atoms. The summed E-state index contributed by atoms with van der Waals surface area (Å²) in [6.07, 6.45) is 0.193. The summed E-state index contributed by atoms with van der Waals surface area (Å²) in [5.74, 6) is -0.160. The Morgan fingerprint density at radius 1 is 1.12 bits per heavy atom. The van der Waals surface area contributed by atoms with Gasteiger partial charge in [-0.05, 0) is 54.4 Å². The molecule has 0 saturated heterocycles. The fraction of sp³-hybridized carbons (Fsp3) is 0.737. The SMILES string of the molecule is CCC(C)[C@H](NC(=O)OC(C)(C)C)c1noc(C)c1C(=O)OC(C)(C)C. The fourth-order valence-corrected chi connectivity index (χ4v) is 2.33. The van der Waals surface area contributed by atoms with E-state index in [1.165, 1.54) is 0 Å². The highest BCUT2D eigenvalue weighted by Crippen LogP contribution is 2.30. The Hall–Kier alpha value is -2.05. The van der Waals surface area contributed by atoms with Crippen LogP contribution in [0.5, 0.6) is 0 Å². The number of rotatable bonds is 5. The van der Waals surface area contributed by atoms with Gasteiger partial charge >= 0.3 is 12.1 Å². The number of nitrogens with zero attached hydrogens (tertiary/aromatic N) is 1. The predicted molar refractivity (Wildman–Crippen MR) is 98.0 cm³/mol. The maximum absolute atomic E-state index is 12.6. The molecular weight excluding hydrogens is 336 g/mol. The third-order valence-corrected chi connectivity index (χ3v) is 3.67. The average molecular weight is 368 g/mol. The number of nitrogens with one attached hydrogen (secondary N) is 1. The first kappa shape index (κ1) is 22.0. The molecule has 1 unspecified atom stereocenters. The monoisotopic (exact) mass is 368 g/mol. The molecule has 0 aliphatic heterocycles. The zero-order valence-corrected chi connectivity index (χ0v) is 17.4. The summed E-state index contributed by atoms with van der Waals surface area (Å²) in [7, 11) is 0. The second-order valence-corrected chi connectivity index (χ2v) is 8.51. The van der Waals surface area contributed by atoms with Crippen LogP contribution in [-0.2, 0) is 9.47 Å². The van der Waals surface area contributed by atoms with E-state index in [1.54, 1.807) is 48.5 Å². The van der Waals surface area contributed by atoms with Crippen LogP contribution in [0.3, 0.4) is 0 Å². The summed E-state index contributed by atoms with van der Waals surface area (Å²) >= 11 is 0. The van der Waals surface area contributed by atoms with Gasteiger partial charge in [-0.15, -0.1) is 0 Å². The summed E-state index contributed by atoms with van der Waals surface area (Å²) in [6, 6.07) is -0.533. The number of carbonyl (C=O) groups is 2. The van der Waals surface area contributed by atoms with Gasteiger partial charge in [0.1, 0.15) is 28.2 Å². The molecule has 1 aromatic rings. The zero-order valence-electron chi connectivity index (χ0n) is 17.4. The van der Waals surface area contributed by atoms with E-state index in [4.69, 9.17) is 14.0 Å². The summed E-state index contributed by atoms with van der Waals surface area (Å²) < 4.78 is 16.1. The molecule has 7 heteroatoms. The molecule has 1 heterocycles. The molecule has 0 saturated carbocycles. The van der Waals surface area contributed by atoms with E-state index in [0.29, 0.717) is 11.5 Å². The van der Waals surface area contributed by atoms with Crippen LogP contribution in [0.25, 0.3) is 0 Å². The normalized spacial score (nSPS) is 14.5. The minimum atomic E-state index is -0.650. The number of alkyl carbamates (subject to hydrolysis) is 1. The van der Waals surface area contributed by atoms with Crippen LogP contribution in [0.2, 0.25) is 0 Å². The van der Waals surface area contributed by atoms with Crippen LogP contribution in [-0.4, -0.2) is 28.4 Å². The number of ether oxygens (including phenoxy) is 2. The largest absolute Gasteiger partial charge is 0.456 e. The third-order valence-electron chi connectivity index (χ3n) is 3.67. The number of aromatic nitrogens is 1. The maximum atomic E-state index is 12.6. The summed E-state index contributed by atoms with van der Waals surface area (Å²) in [5.41, 5.74) is -0.668. The quantitative estimate of drug-likeness (QED) is 0.767. The topological polar surface area (TPSA) is 90.7 Å². The zero-order chi connectivity index (χ0) is 20.3. The molecule has 1 aromatic heterocycles. The van der Waals surface area contributed by atoms with Gasteiger partial charge in [-0.25, -0.2) is 9.59 Å². The van der Waals surface area contributed by atoms with Gasteiger partial charge in [0.15, 0.2) is 0 Å². The molecular formula is C19H32N2O5. The Kier molecular flexibility index (Phi) is 6.85. The summed E-state index contributed by atoms with van der Waals surface area (Å²) in [4.78, 5) is 24.9. The van der Waals surface area contributed by atoms with Crippen molar-refractivity contribution in [1.29, 1.82) is 0 Å². The number of carbonyl (C=O) groups excluding carboxylic acids is 2. The number of esters is 1. The van der Waals surface area contributed by atoms with Gasteiger partial charge in [0.25, 0.3) is 0 Å². The highest BCUT2D eigenvalue weighted by atomic mass is 16.6. The number of hydrogen-bond donors (Lipinski definition) is 1. The van der Waals surface area contributed by atoms with Crippen LogP contribution >= 0.6 is 0 Å². The second-order valence-electron chi connectivity index (χ2n) is 8.51. The standard InChI is InChI=1S/C19H32N2O5/c1-10-11(2)14(20-17(23)25-19(7,8)9)15-13(12(3)26-21-15)16(22)24-18(4,5)6/h11,14H,10H2,1-9H3,(H,20,23)/t11?,14-/m0/s1. The minimum absolute atomic E-state index is 0.00760. The molecule has 1 N–H and O–H groups in total. The lowest BCUT2D eigenvalue weighted by atomic mass is 9.93. The van der Waals surface area contributed by atoms with Crippen LogP contribution in [0, 0.1) is 12.8 Å². The molecule has 0 aromatic carbocycles.